The van der Waals surface area contributed by atoms with E-state index in [1.807, 2.05) is 12.1 Å². The van der Waals surface area contributed by atoms with Gasteiger partial charge in [-0.3, -0.25) is 0 Å². The maximum absolute atomic E-state index is 11.1. The van der Waals surface area contributed by atoms with Crippen LogP contribution in [0.25, 0.3) is 12.2 Å². The average molecular weight is 258 g/mol. The number of fused-ring (bicyclic) bond motifs is 1. The molecule has 0 radical (unpaired) electrons. The van der Waals surface area contributed by atoms with E-state index in [0.717, 1.165) is 11.6 Å². The molecule has 1 aromatic heterocycles. The van der Waals surface area contributed by atoms with Crippen LogP contribution in [0.4, 0.5) is 0 Å². The monoisotopic (exact) mass is 258 g/mol. The molecule has 0 atom stereocenters. The van der Waals surface area contributed by atoms with E-state index in [-0.39, 0.29) is 18.3 Å². The Bertz CT molecular complexity index is 699. The van der Waals surface area contributed by atoms with E-state index in [4.69, 9.17) is 13.9 Å². The van der Waals surface area contributed by atoms with Gasteiger partial charge in [0, 0.05) is 6.07 Å². The second-order valence-corrected chi connectivity index (χ2v) is 3.98. The van der Waals surface area contributed by atoms with Gasteiger partial charge >= 0.3 is 5.63 Å². The Kier molecular flexibility index (Phi) is 2.72. The fourth-order valence-corrected chi connectivity index (χ4v) is 1.76. The number of rotatable bonds is 2. The van der Waals surface area contributed by atoms with Crippen molar-refractivity contribution in [3.05, 3.63) is 52.1 Å². The first kappa shape index (κ1) is 11.4. The molecule has 2 aromatic rings. The van der Waals surface area contributed by atoms with Crippen LogP contribution in [0.1, 0.15) is 11.3 Å². The summed E-state index contributed by atoms with van der Waals surface area (Å²) in [6.45, 7) is 0.226. The summed E-state index contributed by atoms with van der Waals surface area (Å²) in [4.78, 5) is 11.1. The number of hydrogen-bond acceptors (Lipinski definition) is 5. The van der Waals surface area contributed by atoms with Gasteiger partial charge in [-0.15, -0.1) is 0 Å². The molecule has 0 fully saturated rings. The SMILES string of the molecule is O=c1cc(O)cc(/C=C/c2ccc3c(c2)OCO3)o1. The van der Waals surface area contributed by atoms with Crippen LogP contribution in [0.5, 0.6) is 17.2 Å². The van der Waals surface area contributed by atoms with Crippen molar-refractivity contribution >= 4 is 12.2 Å². The highest BCUT2D eigenvalue weighted by molar-refractivity contribution is 5.69. The fourth-order valence-electron chi connectivity index (χ4n) is 1.76. The molecule has 96 valence electrons. The van der Waals surface area contributed by atoms with E-state index in [2.05, 4.69) is 0 Å². The lowest BCUT2D eigenvalue weighted by Gasteiger charge is -1.98. The highest BCUT2D eigenvalue weighted by Gasteiger charge is 2.12. The summed E-state index contributed by atoms with van der Waals surface area (Å²) in [5.41, 5.74) is 0.278. The predicted molar refractivity (Wildman–Crippen MR) is 68.1 cm³/mol. The quantitative estimate of drug-likeness (QED) is 0.894. The molecule has 1 aromatic carbocycles. The van der Waals surface area contributed by atoms with Crippen molar-refractivity contribution in [1.29, 1.82) is 0 Å². The van der Waals surface area contributed by atoms with Gasteiger partial charge in [0.05, 0.1) is 6.07 Å². The minimum Gasteiger partial charge on any atom is -0.508 e. The lowest BCUT2D eigenvalue weighted by molar-refractivity contribution is 0.174. The summed E-state index contributed by atoms with van der Waals surface area (Å²) in [6.07, 6.45) is 3.35. The smallest absolute Gasteiger partial charge is 0.339 e. The van der Waals surface area contributed by atoms with Crippen LogP contribution in [0, 0.1) is 0 Å². The Morgan fingerprint density at radius 3 is 2.74 bits per heavy atom. The maximum Gasteiger partial charge on any atom is 0.339 e. The summed E-state index contributed by atoms with van der Waals surface area (Å²) in [5.74, 6) is 1.55. The van der Waals surface area contributed by atoms with Gasteiger partial charge in [-0.25, -0.2) is 4.79 Å². The molecule has 5 heteroatoms. The third kappa shape index (κ3) is 2.44. The van der Waals surface area contributed by atoms with Crippen molar-refractivity contribution < 1.29 is 19.0 Å². The lowest BCUT2D eigenvalue weighted by atomic mass is 10.2. The van der Waals surface area contributed by atoms with Crippen molar-refractivity contribution in [1.82, 2.24) is 0 Å². The number of ether oxygens (including phenoxy) is 2. The molecule has 0 saturated heterocycles. The van der Waals surface area contributed by atoms with Gasteiger partial charge in [0.15, 0.2) is 11.5 Å². The zero-order chi connectivity index (χ0) is 13.2. The van der Waals surface area contributed by atoms with E-state index in [9.17, 15) is 9.90 Å². The Morgan fingerprint density at radius 1 is 1.05 bits per heavy atom. The third-order valence-corrected chi connectivity index (χ3v) is 2.61. The molecular weight excluding hydrogens is 248 g/mol. The number of aromatic hydroxyl groups is 1. The van der Waals surface area contributed by atoms with Gasteiger partial charge in [0.2, 0.25) is 6.79 Å². The van der Waals surface area contributed by atoms with Crippen LogP contribution in [-0.2, 0) is 0 Å². The van der Waals surface area contributed by atoms with E-state index in [1.165, 1.54) is 6.07 Å². The normalized spacial score (nSPS) is 13.1. The Hall–Kier alpha value is -2.69. The summed E-state index contributed by atoms with van der Waals surface area (Å²) < 4.78 is 15.4. The molecule has 3 rings (SSSR count). The van der Waals surface area contributed by atoms with E-state index in [1.54, 1.807) is 18.2 Å². The zero-order valence-electron chi connectivity index (χ0n) is 9.83. The standard InChI is InChI=1S/C14H10O5/c15-10-6-11(19-14(16)7-10)3-1-9-2-4-12-13(5-9)18-8-17-12/h1-7,15H,8H2/b3-1+. The van der Waals surface area contributed by atoms with Gasteiger partial charge in [0.25, 0.3) is 0 Å². The minimum atomic E-state index is -0.592. The molecule has 1 aliphatic rings. The van der Waals surface area contributed by atoms with Crippen LogP contribution in [-0.4, -0.2) is 11.9 Å². The molecular formula is C14H10O5. The minimum absolute atomic E-state index is 0.124. The van der Waals surface area contributed by atoms with Crippen molar-refractivity contribution in [3.8, 4) is 17.2 Å². The van der Waals surface area contributed by atoms with Gasteiger partial charge in [-0.1, -0.05) is 12.1 Å². The Morgan fingerprint density at radius 2 is 1.89 bits per heavy atom. The first-order valence-corrected chi connectivity index (χ1v) is 5.62. The highest BCUT2D eigenvalue weighted by Crippen LogP contribution is 2.32. The van der Waals surface area contributed by atoms with Crippen LogP contribution in [0.15, 0.2) is 39.5 Å². The molecule has 2 heterocycles. The average Bonchev–Trinajstić information content (AvgIpc) is 2.82. The molecule has 0 spiro atoms. The lowest BCUT2D eigenvalue weighted by Crippen LogP contribution is -1.95. The Balaban J connectivity index is 1.88. The highest BCUT2D eigenvalue weighted by atomic mass is 16.7. The van der Waals surface area contributed by atoms with Crippen LogP contribution in [0.2, 0.25) is 0 Å². The Labute approximate surface area is 108 Å². The molecule has 5 nitrogen and oxygen atoms in total. The topological polar surface area (TPSA) is 68.9 Å². The molecule has 0 aliphatic carbocycles. The van der Waals surface area contributed by atoms with Gasteiger partial charge in [0.1, 0.15) is 11.5 Å². The molecule has 1 aliphatic heterocycles. The van der Waals surface area contributed by atoms with Crippen molar-refractivity contribution in [2.24, 2.45) is 0 Å². The number of hydrogen-bond donors (Lipinski definition) is 1. The predicted octanol–water partition coefficient (Wildman–Crippen LogP) is 2.24. The molecule has 0 bridgehead atoms. The van der Waals surface area contributed by atoms with E-state index in [0.29, 0.717) is 11.5 Å². The fraction of sp³-hybridized carbons (Fsp3) is 0.0714. The van der Waals surface area contributed by atoms with Crippen molar-refractivity contribution in [2.75, 3.05) is 6.79 Å². The van der Waals surface area contributed by atoms with Gasteiger partial charge in [-0.2, -0.15) is 0 Å². The molecule has 19 heavy (non-hydrogen) atoms. The summed E-state index contributed by atoms with van der Waals surface area (Å²) in [5, 5.41) is 9.29. The van der Waals surface area contributed by atoms with Crippen LogP contribution < -0.4 is 15.1 Å². The maximum atomic E-state index is 11.1. The van der Waals surface area contributed by atoms with Crippen LogP contribution >= 0.6 is 0 Å². The van der Waals surface area contributed by atoms with Gasteiger partial charge < -0.3 is 19.0 Å². The first-order chi connectivity index (χ1) is 9.20. The van der Waals surface area contributed by atoms with E-state index >= 15 is 0 Å². The molecule has 1 N–H and O–H groups in total. The molecule has 0 unspecified atom stereocenters. The van der Waals surface area contributed by atoms with Gasteiger partial charge in [-0.05, 0) is 23.8 Å². The second kappa shape index (κ2) is 4.53. The number of benzene rings is 1. The van der Waals surface area contributed by atoms with Crippen molar-refractivity contribution in [3.63, 3.8) is 0 Å². The first-order valence-electron chi connectivity index (χ1n) is 5.62. The third-order valence-electron chi connectivity index (χ3n) is 2.61. The summed E-state index contributed by atoms with van der Waals surface area (Å²) in [7, 11) is 0. The zero-order valence-corrected chi connectivity index (χ0v) is 9.83. The molecule has 0 saturated carbocycles. The van der Waals surface area contributed by atoms with Crippen molar-refractivity contribution in [2.45, 2.75) is 0 Å². The van der Waals surface area contributed by atoms with E-state index < -0.39 is 5.63 Å². The summed E-state index contributed by atoms with van der Waals surface area (Å²) in [6, 6.07) is 7.86. The molecule has 0 amide bonds. The second-order valence-electron chi connectivity index (χ2n) is 3.98. The summed E-state index contributed by atoms with van der Waals surface area (Å²) >= 11 is 0. The largest absolute Gasteiger partial charge is 0.508 e. The van der Waals surface area contributed by atoms with Crippen LogP contribution in [0.3, 0.4) is 0 Å².